The summed E-state index contributed by atoms with van der Waals surface area (Å²) in [4.78, 5) is 31.9. The third-order valence-electron chi connectivity index (χ3n) is 3.84. The molecule has 0 saturated carbocycles. The molecule has 0 radical (unpaired) electrons. The first-order valence-corrected chi connectivity index (χ1v) is 8.10. The number of carbonyl (C=O) groups is 2. The van der Waals surface area contributed by atoms with Gasteiger partial charge < -0.3 is 4.90 Å². The zero-order chi connectivity index (χ0) is 16.6. The quantitative estimate of drug-likeness (QED) is 0.867. The van der Waals surface area contributed by atoms with Crippen molar-refractivity contribution in [3.63, 3.8) is 0 Å². The number of rotatable bonds is 3. The summed E-state index contributed by atoms with van der Waals surface area (Å²) in [5.41, 5.74) is 1.07. The van der Waals surface area contributed by atoms with E-state index in [0.29, 0.717) is 5.13 Å². The van der Waals surface area contributed by atoms with E-state index < -0.39 is 11.7 Å². The Morgan fingerprint density at radius 2 is 2.17 bits per heavy atom. The Balaban J connectivity index is 1.77. The highest BCUT2D eigenvalue weighted by molar-refractivity contribution is 7.14. The number of aromatic nitrogens is 1. The molecule has 1 fully saturated rings. The topological polar surface area (TPSA) is 53.5 Å². The van der Waals surface area contributed by atoms with E-state index in [9.17, 15) is 14.0 Å². The Bertz CT molecular complexity index is 761. The van der Waals surface area contributed by atoms with Gasteiger partial charge in [0.25, 0.3) is 0 Å². The fourth-order valence-electron chi connectivity index (χ4n) is 2.64. The first-order chi connectivity index (χ1) is 11.0. The molecule has 2 amide bonds. The Morgan fingerprint density at radius 3 is 2.83 bits per heavy atom. The van der Waals surface area contributed by atoms with Crippen molar-refractivity contribution in [2.75, 3.05) is 23.4 Å². The zero-order valence-electron chi connectivity index (χ0n) is 12.8. The summed E-state index contributed by atoms with van der Waals surface area (Å²) in [6, 6.07) is 6.10. The maximum Gasteiger partial charge on any atom is 0.233 e. The van der Waals surface area contributed by atoms with E-state index in [1.807, 2.05) is 12.3 Å². The maximum atomic E-state index is 13.9. The lowest BCUT2D eigenvalue weighted by molar-refractivity contribution is -0.124. The fourth-order valence-corrected chi connectivity index (χ4v) is 3.41. The molecule has 1 atom stereocenters. The van der Waals surface area contributed by atoms with Gasteiger partial charge in [-0.2, -0.15) is 0 Å². The molecule has 0 unspecified atom stereocenters. The molecule has 1 saturated heterocycles. The number of hydrogen-bond acceptors (Lipinski definition) is 4. The molecular weight excluding hydrogens is 317 g/mol. The van der Waals surface area contributed by atoms with E-state index >= 15 is 0 Å². The minimum Gasteiger partial charge on any atom is -0.309 e. The second-order valence-electron chi connectivity index (χ2n) is 5.53. The van der Waals surface area contributed by atoms with Crippen LogP contribution >= 0.6 is 11.3 Å². The molecule has 1 aliphatic heterocycles. The van der Waals surface area contributed by atoms with Crippen LogP contribution in [0, 0.1) is 18.7 Å². The van der Waals surface area contributed by atoms with Gasteiger partial charge in [-0.25, -0.2) is 9.37 Å². The number of amides is 2. The van der Waals surface area contributed by atoms with Gasteiger partial charge in [-0.15, -0.1) is 11.3 Å². The lowest BCUT2D eigenvalue weighted by Gasteiger charge is -2.19. The largest absolute Gasteiger partial charge is 0.309 e. The van der Waals surface area contributed by atoms with Gasteiger partial charge in [0.1, 0.15) is 5.82 Å². The summed E-state index contributed by atoms with van der Waals surface area (Å²) >= 11 is 1.38. The summed E-state index contributed by atoms with van der Waals surface area (Å²) in [6.45, 7) is 2.05. The van der Waals surface area contributed by atoms with Gasteiger partial charge in [0.05, 0.1) is 17.3 Å². The van der Waals surface area contributed by atoms with Crippen LogP contribution in [0.1, 0.15) is 12.1 Å². The summed E-state index contributed by atoms with van der Waals surface area (Å²) < 4.78 is 13.9. The predicted octanol–water partition coefficient (Wildman–Crippen LogP) is 2.61. The fraction of sp³-hybridized carbons (Fsp3) is 0.312. The van der Waals surface area contributed by atoms with Gasteiger partial charge in [-0.3, -0.25) is 14.5 Å². The van der Waals surface area contributed by atoms with Crippen molar-refractivity contribution in [3.8, 4) is 0 Å². The average molecular weight is 333 g/mol. The number of anilines is 2. The molecule has 0 spiro atoms. The van der Waals surface area contributed by atoms with Crippen LogP contribution in [0.3, 0.4) is 0 Å². The number of benzene rings is 1. The van der Waals surface area contributed by atoms with E-state index in [0.717, 1.165) is 5.69 Å². The summed E-state index contributed by atoms with van der Waals surface area (Å²) in [5, 5.41) is 2.47. The molecule has 3 rings (SSSR count). The Kier molecular flexibility index (Phi) is 4.12. The van der Waals surface area contributed by atoms with Gasteiger partial charge >= 0.3 is 0 Å². The summed E-state index contributed by atoms with van der Waals surface area (Å²) in [5.74, 6) is -1.36. The molecule has 1 aliphatic rings. The number of aryl methyl sites for hydroxylation is 1. The van der Waals surface area contributed by atoms with Crippen LogP contribution in [0.15, 0.2) is 29.6 Å². The number of hydrogen-bond donors (Lipinski definition) is 0. The maximum absolute atomic E-state index is 13.9. The van der Waals surface area contributed by atoms with Crippen LogP contribution in [-0.2, 0) is 9.59 Å². The number of halogens is 1. The normalized spacial score (nSPS) is 17.6. The van der Waals surface area contributed by atoms with Crippen molar-refractivity contribution in [3.05, 3.63) is 41.2 Å². The molecule has 1 aromatic heterocycles. The molecule has 1 aromatic carbocycles. The van der Waals surface area contributed by atoms with Gasteiger partial charge in [0.15, 0.2) is 5.13 Å². The van der Waals surface area contributed by atoms with Crippen LogP contribution in [0.25, 0.3) is 0 Å². The van der Waals surface area contributed by atoms with Crippen LogP contribution in [0.5, 0.6) is 0 Å². The van der Waals surface area contributed by atoms with Crippen molar-refractivity contribution in [1.29, 1.82) is 0 Å². The highest BCUT2D eigenvalue weighted by Crippen LogP contribution is 2.29. The molecule has 7 heteroatoms. The van der Waals surface area contributed by atoms with Gasteiger partial charge in [-0.1, -0.05) is 12.1 Å². The van der Waals surface area contributed by atoms with Gasteiger partial charge in [0, 0.05) is 25.4 Å². The van der Waals surface area contributed by atoms with E-state index in [4.69, 9.17) is 0 Å². The summed E-state index contributed by atoms with van der Waals surface area (Å²) in [7, 11) is 1.65. The third-order valence-corrected chi connectivity index (χ3v) is 4.88. The molecule has 5 nitrogen and oxygen atoms in total. The Morgan fingerprint density at radius 1 is 1.43 bits per heavy atom. The van der Waals surface area contributed by atoms with Gasteiger partial charge in [0.2, 0.25) is 11.8 Å². The predicted molar refractivity (Wildman–Crippen MR) is 87.1 cm³/mol. The highest BCUT2D eigenvalue weighted by atomic mass is 32.1. The number of para-hydroxylation sites is 1. The van der Waals surface area contributed by atoms with E-state index in [1.54, 1.807) is 25.2 Å². The lowest BCUT2D eigenvalue weighted by atomic mass is 10.1. The van der Waals surface area contributed by atoms with Crippen molar-refractivity contribution >= 4 is 34.0 Å². The van der Waals surface area contributed by atoms with E-state index in [1.165, 1.54) is 27.2 Å². The number of carbonyl (C=O) groups excluding carboxylic acids is 2. The van der Waals surface area contributed by atoms with Gasteiger partial charge in [-0.05, 0) is 19.1 Å². The smallest absolute Gasteiger partial charge is 0.233 e. The molecule has 120 valence electrons. The molecule has 23 heavy (non-hydrogen) atoms. The molecule has 0 bridgehead atoms. The number of thiazole rings is 1. The second-order valence-corrected chi connectivity index (χ2v) is 6.36. The molecular formula is C16H16FN3O2S. The first kappa shape index (κ1) is 15.6. The standard InChI is InChI=1S/C16H16FN3O2S/c1-10-9-23-16(18-10)19(2)15(22)11-7-14(21)20(8-11)13-6-4-3-5-12(13)17/h3-6,9,11H,7-8H2,1-2H3/t11-/m1/s1. The minimum atomic E-state index is -0.490. The van der Waals surface area contributed by atoms with Crippen molar-refractivity contribution in [2.24, 2.45) is 5.92 Å². The second kappa shape index (κ2) is 6.08. The van der Waals surface area contributed by atoms with E-state index in [-0.39, 0.29) is 30.5 Å². The molecule has 2 aromatic rings. The highest BCUT2D eigenvalue weighted by Gasteiger charge is 2.38. The molecule has 2 heterocycles. The molecule has 0 aliphatic carbocycles. The number of nitrogens with zero attached hydrogens (tertiary/aromatic N) is 3. The summed E-state index contributed by atoms with van der Waals surface area (Å²) in [6.07, 6.45) is 0.0852. The van der Waals surface area contributed by atoms with E-state index in [2.05, 4.69) is 4.98 Å². The Hall–Kier alpha value is -2.28. The first-order valence-electron chi connectivity index (χ1n) is 7.22. The average Bonchev–Trinajstić information content (AvgIpc) is 3.12. The molecule has 0 N–H and O–H groups in total. The lowest BCUT2D eigenvalue weighted by Crippen LogP contribution is -2.34. The Labute approximate surface area is 137 Å². The van der Waals surface area contributed by atoms with Crippen molar-refractivity contribution in [1.82, 2.24) is 4.98 Å². The minimum absolute atomic E-state index is 0.0852. The van der Waals surface area contributed by atoms with Crippen LogP contribution in [0.2, 0.25) is 0 Å². The van der Waals surface area contributed by atoms with Crippen LogP contribution < -0.4 is 9.80 Å². The zero-order valence-corrected chi connectivity index (χ0v) is 13.6. The van der Waals surface area contributed by atoms with Crippen molar-refractivity contribution < 1.29 is 14.0 Å². The monoisotopic (exact) mass is 333 g/mol. The van der Waals surface area contributed by atoms with Crippen LogP contribution in [-0.4, -0.2) is 30.4 Å². The SMILES string of the molecule is Cc1csc(N(C)C(=O)[C@@H]2CC(=O)N(c3ccccc3F)C2)n1. The van der Waals surface area contributed by atoms with Crippen LogP contribution in [0.4, 0.5) is 15.2 Å². The third kappa shape index (κ3) is 2.96. The van der Waals surface area contributed by atoms with Crippen molar-refractivity contribution in [2.45, 2.75) is 13.3 Å².